The lowest BCUT2D eigenvalue weighted by Gasteiger charge is -2.11. The molecule has 4 nitrogen and oxygen atoms in total. The van der Waals surface area contributed by atoms with E-state index in [9.17, 15) is 4.79 Å². The molecule has 1 atom stereocenters. The highest BCUT2D eigenvalue weighted by molar-refractivity contribution is 5.88. The molecular weight excluding hydrogens is 242 g/mol. The fourth-order valence-corrected chi connectivity index (χ4v) is 2.11. The summed E-state index contributed by atoms with van der Waals surface area (Å²) >= 11 is 0. The number of ether oxygens (including phenoxy) is 1. The summed E-state index contributed by atoms with van der Waals surface area (Å²) in [5.41, 5.74) is 0.723. The Morgan fingerprint density at radius 3 is 2.84 bits per heavy atom. The number of carboxylic acids is 1. The monoisotopic (exact) mass is 255 g/mol. The van der Waals surface area contributed by atoms with Crippen molar-refractivity contribution in [2.75, 3.05) is 7.11 Å². The minimum Gasteiger partial charge on any atom is -0.497 e. The van der Waals surface area contributed by atoms with E-state index < -0.39 is 11.9 Å². The van der Waals surface area contributed by atoms with E-state index in [4.69, 9.17) is 15.1 Å². The van der Waals surface area contributed by atoms with Crippen LogP contribution >= 0.6 is 0 Å². The van der Waals surface area contributed by atoms with E-state index in [1.54, 1.807) is 13.2 Å². The van der Waals surface area contributed by atoms with Crippen molar-refractivity contribution in [3.63, 3.8) is 0 Å². The smallest absolute Gasteiger partial charge is 0.305 e. The Bertz CT molecular complexity index is 658. The van der Waals surface area contributed by atoms with E-state index >= 15 is 0 Å². The molecule has 0 aliphatic rings. The van der Waals surface area contributed by atoms with Crippen LogP contribution in [0.3, 0.4) is 0 Å². The Kier molecular flexibility index (Phi) is 3.67. The number of methoxy groups -OCH3 is 1. The molecule has 0 radical (unpaired) electrons. The molecule has 2 aromatic rings. The van der Waals surface area contributed by atoms with Crippen LogP contribution in [0.25, 0.3) is 10.8 Å². The first-order chi connectivity index (χ1) is 9.15. The maximum absolute atomic E-state index is 10.8. The molecule has 1 unspecified atom stereocenters. The van der Waals surface area contributed by atoms with Crippen molar-refractivity contribution in [1.82, 2.24) is 0 Å². The third-order valence-electron chi connectivity index (χ3n) is 3.03. The number of hydrogen-bond donors (Lipinski definition) is 1. The predicted molar refractivity (Wildman–Crippen MR) is 71.1 cm³/mol. The van der Waals surface area contributed by atoms with Gasteiger partial charge in [-0.3, -0.25) is 4.79 Å². The van der Waals surface area contributed by atoms with Crippen molar-refractivity contribution in [2.24, 2.45) is 0 Å². The highest BCUT2D eigenvalue weighted by atomic mass is 16.5. The third-order valence-corrected chi connectivity index (χ3v) is 3.03. The molecular formula is C15H13NO3. The SMILES string of the molecule is COc1ccc2cccc(C(C#N)CC(=O)O)c2c1. The molecule has 0 amide bonds. The molecule has 2 aromatic carbocycles. The minimum absolute atomic E-state index is 0.202. The van der Waals surface area contributed by atoms with Crippen LogP contribution in [0.1, 0.15) is 17.9 Å². The van der Waals surface area contributed by atoms with Gasteiger partial charge in [-0.15, -0.1) is 0 Å². The second-order valence-corrected chi connectivity index (χ2v) is 4.21. The summed E-state index contributed by atoms with van der Waals surface area (Å²) in [6.45, 7) is 0. The van der Waals surface area contributed by atoms with Gasteiger partial charge in [-0.25, -0.2) is 0 Å². The van der Waals surface area contributed by atoms with Crippen LogP contribution in [0.15, 0.2) is 36.4 Å². The average Bonchev–Trinajstić information content (AvgIpc) is 2.43. The molecule has 4 heteroatoms. The highest BCUT2D eigenvalue weighted by Crippen LogP contribution is 2.30. The van der Waals surface area contributed by atoms with E-state index in [1.165, 1.54) is 0 Å². The normalized spacial score (nSPS) is 11.8. The lowest BCUT2D eigenvalue weighted by atomic mass is 9.92. The Morgan fingerprint density at radius 1 is 1.42 bits per heavy atom. The molecule has 1 N–H and O–H groups in total. The Morgan fingerprint density at radius 2 is 2.21 bits per heavy atom. The number of rotatable bonds is 4. The maximum atomic E-state index is 10.8. The van der Waals surface area contributed by atoms with E-state index in [0.29, 0.717) is 5.75 Å². The van der Waals surface area contributed by atoms with E-state index in [1.807, 2.05) is 30.3 Å². The van der Waals surface area contributed by atoms with Crippen molar-refractivity contribution in [3.8, 4) is 11.8 Å². The standard InChI is InChI=1S/C15H13NO3/c1-19-12-6-5-10-3-2-4-13(14(10)8-12)11(9-16)7-15(17)18/h2-6,8,11H,7H2,1H3,(H,17,18). The molecule has 0 spiro atoms. The van der Waals surface area contributed by atoms with Gasteiger partial charge in [0.1, 0.15) is 5.75 Å². The fourth-order valence-electron chi connectivity index (χ4n) is 2.11. The molecule has 0 saturated carbocycles. The van der Waals surface area contributed by atoms with E-state index in [0.717, 1.165) is 16.3 Å². The van der Waals surface area contributed by atoms with Gasteiger partial charge in [0.25, 0.3) is 0 Å². The Labute approximate surface area is 110 Å². The first kappa shape index (κ1) is 12.9. The highest BCUT2D eigenvalue weighted by Gasteiger charge is 2.17. The lowest BCUT2D eigenvalue weighted by Crippen LogP contribution is -2.05. The summed E-state index contributed by atoms with van der Waals surface area (Å²) in [6.07, 6.45) is -0.202. The average molecular weight is 255 g/mol. The predicted octanol–water partition coefficient (Wildman–Crippen LogP) is 2.93. The van der Waals surface area contributed by atoms with Crippen LogP contribution in [0.5, 0.6) is 5.75 Å². The summed E-state index contributed by atoms with van der Waals surface area (Å²) in [5, 5.41) is 19.9. The number of fused-ring (bicyclic) bond motifs is 1. The molecule has 0 bridgehead atoms. The Hall–Kier alpha value is -2.54. The van der Waals surface area contributed by atoms with Gasteiger partial charge in [-0.2, -0.15) is 5.26 Å². The summed E-state index contributed by atoms with van der Waals surface area (Å²) in [7, 11) is 1.57. The van der Waals surface area contributed by atoms with Crippen LogP contribution in [-0.4, -0.2) is 18.2 Å². The molecule has 0 saturated heterocycles. The second-order valence-electron chi connectivity index (χ2n) is 4.21. The Balaban J connectivity index is 2.58. The number of nitrogens with zero attached hydrogens (tertiary/aromatic N) is 1. The minimum atomic E-state index is -0.980. The van der Waals surface area contributed by atoms with Gasteiger partial charge < -0.3 is 9.84 Å². The molecule has 0 fully saturated rings. The third kappa shape index (κ3) is 2.66. The van der Waals surface area contributed by atoms with Crippen LogP contribution in [-0.2, 0) is 4.79 Å². The van der Waals surface area contributed by atoms with E-state index in [2.05, 4.69) is 6.07 Å². The maximum Gasteiger partial charge on any atom is 0.305 e. The van der Waals surface area contributed by atoms with Gasteiger partial charge in [0.05, 0.1) is 25.5 Å². The molecule has 0 heterocycles. The molecule has 0 aliphatic carbocycles. The first-order valence-electron chi connectivity index (χ1n) is 5.83. The number of hydrogen-bond acceptors (Lipinski definition) is 3. The van der Waals surface area contributed by atoms with Gasteiger partial charge in [-0.1, -0.05) is 24.3 Å². The van der Waals surface area contributed by atoms with Crippen molar-refractivity contribution in [3.05, 3.63) is 42.0 Å². The summed E-state index contributed by atoms with van der Waals surface area (Å²) < 4.78 is 5.17. The van der Waals surface area contributed by atoms with E-state index in [-0.39, 0.29) is 6.42 Å². The summed E-state index contributed by atoms with van der Waals surface area (Å²) in [4.78, 5) is 10.8. The molecule has 19 heavy (non-hydrogen) atoms. The number of carbonyl (C=O) groups is 1. The molecule has 96 valence electrons. The molecule has 2 rings (SSSR count). The van der Waals surface area contributed by atoms with Crippen molar-refractivity contribution < 1.29 is 14.6 Å². The number of nitriles is 1. The van der Waals surface area contributed by atoms with Crippen molar-refractivity contribution in [2.45, 2.75) is 12.3 Å². The zero-order chi connectivity index (χ0) is 13.8. The van der Waals surface area contributed by atoms with Crippen molar-refractivity contribution >= 4 is 16.7 Å². The largest absolute Gasteiger partial charge is 0.497 e. The molecule has 0 aliphatic heterocycles. The lowest BCUT2D eigenvalue weighted by molar-refractivity contribution is -0.137. The van der Waals surface area contributed by atoms with Gasteiger partial charge in [0.2, 0.25) is 0 Å². The first-order valence-corrected chi connectivity index (χ1v) is 5.83. The number of benzene rings is 2. The zero-order valence-corrected chi connectivity index (χ0v) is 10.5. The topological polar surface area (TPSA) is 70.3 Å². The number of aliphatic carboxylic acids is 1. The van der Waals surface area contributed by atoms with Crippen molar-refractivity contribution in [1.29, 1.82) is 5.26 Å². The van der Waals surface area contributed by atoms with Crippen LogP contribution in [0.4, 0.5) is 0 Å². The zero-order valence-electron chi connectivity index (χ0n) is 10.5. The van der Waals surface area contributed by atoms with Gasteiger partial charge in [0, 0.05) is 0 Å². The second kappa shape index (κ2) is 5.40. The van der Waals surface area contributed by atoms with Crippen LogP contribution in [0, 0.1) is 11.3 Å². The summed E-state index contributed by atoms with van der Waals surface area (Å²) in [5.74, 6) is -0.952. The van der Waals surface area contributed by atoms with Crippen LogP contribution < -0.4 is 4.74 Å². The fraction of sp³-hybridized carbons (Fsp3) is 0.200. The van der Waals surface area contributed by atoms with Crippen LogP contribution in [0.2, 0.25) is 0 Å². The number of carboxylic acid groups (broad SMARTS) is 1. The van der Waals surface area contributed by atoms with Gasteiger partial charge >= 0.3 is 5.97 Å². The quantitative estimate of drug-likeness (QED) is 0.911. The van der Waals surface area contributed by atoms with Gasteiger partial charge in [0.15, 0.2) is 0 Å². The molecule has 0 aromatic heterocycles. The summed E-state index contributed by atoms with van der Waals surface area (Å²) in [6, 6.07) is 13.2. The van der Waals surface area contributed by atoms with Gasteiger partial charge in [-0.05, 0) is 28.5 Å².